The number of hydrogen-bond acceptors (Lipinski definition) is 5. The van der Waals surface area contributed by atoms with Crippen LogP contribution >= 0.6 is 11.3 Å². The van der Waals surface area contributed by atoms with Crippen LogP contribution in [0.25, 0.3) is 10.6 Å². The SMILES string of the molecule is O=C(Nc1ccccc1CN1CCOCC1)c1csc(-c2ccc(F)cc2)n1. The Bertz CT molecular complexity index is 952. The summed E-state index contributed by atoms with van der Waals surface area (Å²) in [7, 11) is 0. The highest BCUT2D eigenvalue weighted by molar-refractivity contribution is 7.13. The topological polar surface area (TPSA) is 54.5 Å². The van der Waals surface area contributed by atoms with Crippen molar-refractivity contribution in [2.24, 2.45) is 0 Å². The van der Waals surface area contributed by atoms with Gasteiger partial charge in [-0.05, 0) is 35.9 Å². The Balaban J connectivity index is 1.47. The van der Waals surface area contributed by atoms with Gasteiger partial charge in [0.25, 0.3) is 5.91 Å². The van der Waals surface area contributed by atoms with Gasteiger partial charge in [-0.3, -0.25) is 9.69 Å². The highest BCUT2D eigenvalue weighted by atomic mass is 32.1. The Morgan fingerprint density at radius 2 is 1.89 bits per heavy atom. The second-order valence-corrected chi connectivity index (χ2v) is 7.40. The van der Waals surface area contributed by atoms with Gasteiger partial charge in [0.1, 0.15) is 16.5 Å². The number of para-hydroxylation sites is 1. The fourth-order valence-corrected chi connectivity index (χ4v) is 3.88. The van der Waals surface area contributed by atoms with Crippen molar-refractivity contribution in [2.45, 2.75) is 6.54 Å². The number of carbonyl (C=O) groups excluding carboxylic acids is 1. The van der Waals surface area contributed by atoms with Gasteiger partial charge >= 0.3 is 0 Å². The zero-order chi connectivity index (χ0) is 19.3. The lowest BCUT2D eigenvalue weighted by molar-refractivity contribution is 0.0342. The standard InChI is InChI=1S/C21H20FN3O2S/c22-17-7-5-15(6-8-17)21-24-19(14-28-21)20(26)23-18-4-2-1-3-16(18)13-25-9-11-27-12-10-25/h1-8,14H,9-13H2,(H,23,26). The molecule has 1 fully saturated rings. The average Bonchev–Trinajstić information content (AvgIpc) is 3.21. The van der Waals surface area contributed by atoms with E-state index in [2.05, 4.69) is 15.2 Å². The van der Waals surface area contributed by atoms with Crippen molar-refractivity contribution in [1.82, 2.24) is 9.88 Å². The number of nitrogens with one attached hydrogen (secondary N) is 1. The Hall–Kier alpha value is -2.61. The fraction of sp³-hybridized carbons (Fsp3) is 0.238. The van der Waals surface area contributed by atoms with Crippen LogP contribution in [0.5, 0.6) is 0 Å². The number of morpholine rings is 1. The smallest absolute Gasteiger partial charge is 0.275 e. The third kappa shape index (κ3) is 4.44. The van der Waals surface area contributed by atoms with Gasteiger partial charge in [0, 0.05) is 36.3 Å². The molecule has 1 aromatic heterocycles. The lowest BCUT2D eigenvalue weighted by atomic mass is 10.1. The van der Waals surface area contributed by atoms with E-state index in [9.17, 15) is 9.18 Å². The molecule has 1 aliphatic heterocycles. The van der Waals surface area contributed by atoms with Gasteiger partial charge in [0.05, 0.1) is 13.2 Å². The van der Waals surface area contributed by atoms with Gasteiger partial charge in [0.2, 0.25) is 0 Å². The first-order valence-corrected chi connectivity index (χ1v) is 9.98. The number of aromatic nitrogens is 1. The van der Waals surface area contributed by atoms with Crippen LogP contribution in [0.3, 0.4) is 0 Å². The molecule has 3 aromatic rings. The highest BCUT2D eigenvalue weighted by Gasteiger charge is 2.16. The minimum absolute atomic E-state index is 0.251. The number of thiazole rings is 1. The summed E-state index contributed by atoms with van der Waals surface area (Å²) in [6.45, 7) is 4.00. The molecule has 0 saturated carbocycles. The maximum absolute atomic E-state index is 13.1. The van der Waals surface area contributed by atoms with Crippen LogP contribution in [0.1, 0.15) is 16.1 Å². The van der Waals surface area contributed by atoms with Crippen molar-refractivity contribution < 1.29 is 13.9 Å². The number of nitrogens with zero attached hydrogens (tertiary/aromatic N) is 2. The summed E-state index contributed by atoms with van der Waals surface area (Å²) >= 11 is 1.36. The third-order valence-corrected chi connectivity index (χ3v) is 5.48. The molecule has 0 aliphatic carbocycles. The van der Waals surface area contributed by atoms with Crippen LogP contribution in [-0.2, 0) is 11.3 Å². The van der Waals surface area contributed by atoms with Crippen molar-refractivity contribution in [1.29, 1.82) is 0 Å². The monoisotopic (exact) mass is 397 g/mol. The van der Waals surface area contributed by atoms with E-state index < -0.39 is 0 Å². The summed E-state index contributed by atoms with van der Waals surface area (Å²) in [5.41, 5.74) is 2.99. The molecule has 1 aliphatic rings. The van der Waals surface area contributed by atoms with Crippen LogP contribution in [0.4, 0.5) is 10.1 Å². The molecule has 0 bridgehead atoms. The Morgan fingerprint density at radius 3 is 2.68 bits per heavy atom. The van der Waals surface area contributed by atoms with Gasteiger partial charge in [0.15, 0.2) is 0 Å². The highest BCUT2D eigenvalue weighted by Crippen LogP contribution is 2.25. The van der Waals surface area contributed by atoms with Crippen molar-refractivity contribution in [3.8, 4) is 10.6 Å². The molecule has 28 heavy (non-hydrogen) atoms. The van der Waals surface area contributed by atoms with E-state index in [1.165, 1.54) is 23.5 Å². The van der Waals surface area contributed by atoms with E-state index in [0.29, 0.717) is 10.7 Å². The lowest BCUT2D eigenvalue weighted by Gasteiger charge is -2.27. The Labute approximate surface area is 166 Å². The summed E-state index contributed by atoms with van der Waals surface area (Å²) in [6.07, 6.45) is 0. The molecule has 7 heteroatoms. The Morgan fingerprint density at radius 1 is 1.14 bits per heavy atom. The summed E-state index contributed by atoms with van der Waals surface area (Å²) in [5.74, 6) is -0.547. The van der Waals surface area contributed by atoms with Gasteiger partial charge in [-0.15, -0.1) is 11.3 Å². The number of carbonyl (C=O) groups is 1. The summed E-state index contributed by atoms with van der Waals surface area (Å²) in [5, 5.41) is 5.39. The molecule has 144 valence electrons. The van der Waals surface area contributed by atoms with E-state index >= 15 is 0 Å². The number of halogens is 1. The predicted molar refractivity (Wildman–Crippen MR) is 108 cm³/mol. The van der Waals surface area contributed by atoms with Crippen molar-refractivity contribution in [2.75, 3.05) is 31.6 Å². The van der Waals surface area contributed by atoms with Gasteiger partial charge < -0.3 is 10.1 Å². The molecule has 0 radical (unpaired) electrons. The van der Waals surface area contributed by atoms with Crippen molar-refractivity contribution >= 4 is 22.9 Å². The fourth-order valence-electron chi connectivity index (χ4n) is 3.07. The van der Waals surface area contributed by atoms with E-state index in [1.807, 2.05) is 24.3 Å². The van der Waals surface area contributed by atoms with Crippen LogP contribution in [0.2, 0.25) is 0 Å². The summed E-state index contributed by atoms with van der Waals surface area (Å²) in [4.78, 5) is 19.4. The van der Waals surface area contributed by atoms with Crippen molar-refractivity contribution in [3.63, 3.8) is 0 Å². The maximum atomic E-state index is 13.1. The quantitative estimate of drug-likeness (QED) is 0.706. The lowest BCUT2D eigenvalue weighted by Crippen LogP contribution is -2.35. The van der Waals surface area contributed by atoms with Crippen LogP contribution in [0.15, 0.2) is 53.9 Å². The third-order valence-electron chi connectivity index (χ3n) is 4.59. The zero-order valence-corrected chi connectivity index (χ0v) is 16.0. The molecule has 1 saturated heterocycles. The molecule has 2 heterocycles. The first-order valence-electron chi connectivity index (χ1n) is 9.10. The molecule has 1 amide bonds. The normalized spacial score (nSPS) is 14.8. The number of benzene rings is 2. The summed E-state index contributed by atoms with van der Waals surface area (Å²) < 4.78 is 18.5. The molecule has 0 unspecified atom stereocenters. The first kappa shape index (κ1) is 18.7. The predicted octanol–water partition coefficient (Wildman–Crippen LogP) is 4.03. The molecule has 4 rings (SSSR count). The van der Waals surface area contributed by atoms with E-state index in [1.54, 1.807) is 17.5 Å². The first-order chi connectivity index (χ1) is 13.7. The second-order valence-electron chi connectivity index (χ2n) is 6.54. The average molecular weight is 397 g/mol. The van der Waals surface area contributed by atoms with E-state index in [-0.39, 0.29) is 11.7 Å². The largest absolute Gasteiger partial charge is 0.379 e. The second kappa shape index (κ2) is 8.60. The summed E-state index contributed by atoms with van der Waals surface area (Å²) in [6, 6.07) is 13.9. The van der Waals surface area contributed by atoms with E-state index in [4.69, 9.17) is 4.74 Å². The van der Waals surface area contributed by atoms with Crippen molar-refractivity contribution in [3.05, 3.63) is 71.0 Å². The minimum atomic E-state index is -0.296. The number of ether oxygens (including phenoxy) is 1. The molecular formula is C21H20FN3O2S. The van der Waals surface area contributed by atoms with Gasteiger partial charge in [-0.1, -0.05) is 18.2 Å². The molecule has 0 spiro atoms. The van der Waals surface area contributed by atoms with Gasteiger partial charge in [-0.2, -0.15) is 0 Å². The maximum Gasteiger partial charge on any atom is 0.275 e. The van der Waals surface area contributed by atoms with Crippen LogP contribution < -0.4 is 5.32 Å². The number of rotatable bonds is 5. The zero-order valence-electron chi connectivity index (χ0n) is 15.2. The van der Waals surface area contributed by atoms with E-state index in [0.717, 1.165) is 49.7 Å². The van der Waals surface area contributed by atoms with Crippen LogP contribution in [-0.4, -0.2) is 42.1 Å². The molecule has 0 atom stereocenters. The van der Waals surface area contributed by atoms with Crippen LogP contribution in [0, 0.1) is 5.82 Å². The number of hydrogen-bond donors (Lipinski definition) is 1. The molecule has 1 N–H and O–H groups in total. The molecular weight excluding hydrogens is 377 g/mol. The van der Waals surface area contributed by atoms with Gasteiger partial charge in [-0.25, -0.2) is 9.37 Å². The Kier molecular flexibility index (Phi) is 5.76. The molecule has 2 aromatic carbocycles. The minimum Gasteiger partial charge on any atom is -0.379 e. The number of amides is 1. The molecule has 5 nitrogen and oxygen atoms in total. The number of anilines is 1.